The van der Waals surface area contributed by atoms with Gasteiger partial charge in [0.1, 0.15) is 0 Å². The fourth-order valence-corrected chi connectivity index (χ4v) is 0. The molecule has 0 aromatic carbocycles. The third kappa shape index (κ3) is 412. The van der Waals surface area contributed by atoms with Crippen LogP contribution in [0.15, 0.2) is 13.2 Å². The second-order valence-corrected chi connectivity index (χ2v) is 2.22. The summed E-state index contributed by atoms with van der Waals surface area (Å²) in [6.45, 7) is 6.00. The molecule has 48 valence electrons. The Labute approximate surface area is 61.9 Å². The summed E-state index contributed by atoms with van der Waals surface area (Å²) in [5, 5.41) is 0. The molecule has 0 bridgehead atoms. The van der Waals surface area contributed by atoms with Crippen LogP contribution in [0.1, 0.15) is 0 Å². The Hall–Kier alpha value is 0.578. The molecule has 0 saturated heterocycles. The van der Waals surface area contributed by atoms with Crippen LogP contribution in [0.25, 0.3) is 0 Å². The second-order valence-electron chi connectivity index (χ2n) is 0.742. The molecule has 0 saturated carbocycles. The molecule has 0 rings (SSSR count). The van der Waals surface area contributed by atoms with Crippen LogP contribution in [0, 0.1) is 0 Å². The smallest absolute Gasteiger partial charge is 0.0148 e. The fraction of sp³-hybridized carbons (Fsp3) is 0.500. The van der Waals surface area contributed by atoms with Gasteiger partial charge in [-0.1, -0.05) is 0 Å². The molecule has 1 nitrogen and oxygen atoms in total. The molecule has 0 amide bonds. The van der Waals surface area contributed by atoms with E-state index in [-0.39, 0.29) is 21.1 Å². The van der Waals surface area contributed by atoms with Gasteiger partial charge in [0.2, 0.25) is 0 Å². The zero-order valence-electron chi connectivity index (χ0n) is 4.55. The molecule has 0 N–H and O–H groups in total. The van der Waals surface area contributed by atoms with Gasteiger partial charge in [0.15, 0.2) is 0 Å². The van der Waals surface area contributed by atoms with E-state index in [0.717, 1.165) is 0 Å². The Kier molecular flexibility index (Phi) is 35.7. The molecule has 0 aliphatic heterocycles. The standard InChI is InChI=1S/C2H6OS.C2H4.Pt/c1-4(2)3;1-2;/h1-2H3;1-2H2;. The zero-order valence-corrected chi connectivity index (χ0v) is 7.64. The van der Waals surface area contributed by atoms with Crippen molar-refractivity contribution in [3.05, 3.63) is 13.2 Å². The average Bonchev–Trinajstić information content (AvgIpc) is 1.41. The summed E-state index contributed by atoms with van der Waals surface area (Å²) in [7, 11) is -0.611. The Morgan fingerprint density at radius 1 is 1.29 bits per heavy atom. The topological polar surface area (TPSA) is 17.1 Å². The van der Waals surface area contributed by atoms with Crippen LogP contribution in [-0.2, 0) is 31.9 Å². The number of rotatable bonds is 0. The minimum atomic E-state index is -0.611. The second kappa shape index (κ2) is 16.0. The van der Waals surface area contributed by atoms with Crippen molar-refractivity contribution in [2.45, 2.75) is 0 Å². The van der Waals surface area contributed by atoms with Gasteiger partial charge in [-0.2, -0.15) is 0 Å². The normalized spacial score (nSPS) is 5.57. The Morgan fingerprint density at radius 3 is 1.29 bits per heavy atom. The first kappa shape index (κ1) is 15.6. The number of hydrogen-bond acceptors (Lipinski definition) is 1. The molecule has 0 atom stereocenters. The van der Waals surface area contributed by atoms with E-state index in [9.17, 15) is 4.21 Å². The molecular weight excluding hydrogens is 291 g/mol. The number of hydrogen-bond donors (Lipinski definition) is 0. The van der Waals surface area contributed by atoms with E-state index < -0.39 is 10.8 Å². The third-order valence-corrected chi connectivity index (χ3v) is 0. The summed E-state index contributed by atoms with van der Waals surface area (Å²) in [6.07, 6.45) is 3.28. The Morgan fingerprint density at radius 2 is 1.29 bits per heavy atom. The van der Waals surface area contributed by atoms with Crippen molar-refractivity contribution >= 4 is 10.8 Å². The van der Waals surface area contributed by atoms with Crippen LogP contribution >= 0.6 is 0 Å². The first-order chi connectivity index (χ1) is 2.73. The van der Waals surface area contributed by atoms with E-state index in [4.69, 9.17) is 0 Å². The van der Waals surface area contributed by atoms with E-state index in [0.29, 0.717) is 0 Å². The van der Waals surface area contributed by atoms with Crippen molar-refractivity contribution in [3.63, 3.8) is 0 Å². The zero-order chi connectivity index (χ0) is 5.58. The largest absolute Gasteiger partial charge is 0.260 e. The van der Waals surface area contributed by atoms with Crippen LogP contribution in [0.3, 0.4) is 0 Å². The van der Waals surface area contributed by atoms with Crippen molar-refractivity contribution in [3.8, 4) is 0 Å². The molecule has 7 heavy (non-hydrogen) atoms. The van der Waals surface area contributed by atoms with Gasteiger partial charge in [-0.05, 0) is 0 Å². The summed E-state index contributed by atoms with van der Waals surface area (Å²) in [5.41, 5.74) is 0. The molecule has 0 aromatic rings. The summed E-state index contributed by atoms with van der Waals surface area (Å²) in [6, 6.07) is 0. The minimum absolute atomic E-state index is 0. The summed E-state index contributed by atoms with van der Waals surface area (Å²) >= 11 is 0. The van der Waals surface area contributed by atoms with Crippen LogP contribution in [0.4, 0.5) is 0 Å². The SMILES string of the molecule is C=C.CS(C)=O.[Pt]. The molecule has 0 unspecified atom stereocenters. The summed E-state index contributed by atoms with van der Waals surface area (Å²) < 4.78 is 9.56. The molecular formula is C4H10OPtS. The molecule has 0 radical (unpaired) electrons. The maximum atomic E-state index is 9.56. The Balaban J connectivity index is -0.0000000480. The van der Waals surface area contributed by atoms with Gasteiger partial charge in [-0.15, -0.1) is 13.2 Å². The Bertz CT molecular complexity index is 43.0. The van der Waals surface area contributed by atoms with Crippen LogP contribution < -0.4 is 0 Å². The van der Waals surface area contributed by atoms with Crippen molar-refractivity contribution in [2.75, 3.05) is 12.5 Å². The van der Waals surface area contributed by atoms with Gasteiger partial charge in [0.05, 0.1) is 0 Å². The van der Waals surface area contributed by atoms with E-state index in [1.807, 2.05) is 0 Å². The van der Waals surface area contributed by atoms with Crippen LogP contribution in [0.5, 0.6) is 0 Å². The maximum Gasteiger partial charge on any atom is 0.0148 e. The molecule has 0 heterocycles. The quantitative estimate of drug-likeness (QED) is 0.605. The monoisotopic (exact) mass is 301 g/mol. The van der Waals surface area contributed by atoms with Gasteiger partial charge < -0.3 is 0 Å². The molecule has 0 aliphatic carbocycles. The molecule has 3 heteroatoms. The van der Waals surface area contributed by atoms with Gasteiger partial charge in [-0.25, -0.2) is 0 Å². The summed E-state index contributed by atoms with van der Waals surface area (Å²) in [5.74, 6) is 0. The minimum Gasteiger partial charge on any atom is -0.260 e. The van der Waals surface area contributed by atoms with Crippen molar-refractivity contribution in [2.24, 2.45) is 0 Å². The van der Waals surface area contributed by atoms with E-state index in [2.05, 4.69) is 13.2 Å². The predicted octanol–water partition coefficient (Wildman–Crippen LogP) is 0.794. The molecule has 0 aromatic heterocycles. The molecule has 0 spiro atoms. The van der Waals surface area contributed by atoms with Crippen molar-refractivity contribution < 1.29 is 25.3 Å². The molecule has 0 aliphatic rings. The van der Waals surface area contributed by atoms with Gasteiger partial charge in [0, 0.05) is 44.4 Å². The van der Waals surface area contributed by atoms with Crippen molar-refractivity contribution in [1.29, 1.82) is 0 Å². The maximum absolute atomic E-state index is 9.56. The fourth-order valence-electron chi connectivity index (χ4n) is 0. The van der Waals surface area contributed by atoms with Gasteiger partial charge in [0.25, 0.3) is 0 Å². The van der Waals surface area contributed by atoms with E-state index >= 15 is 0 Å². The van der Waals surface area contributed by atoms with Gasteiger partial charge >= 0.3 is 0 Å². The predicted molar refractivity (Wildman–Crippen MR) is 31.2 cm³/mol. The van der Waals surface area contributed by atoms with E-state index in [1.165, 1.54) is 0 Å². The van der Waals surface area contributed by atoms with Crippen molar-refractivity contribution in [1.82, 2.24) is 0 Å². The average molecular weight is 301 g/mol. The van der Waals surface area contributed by atoms with Gasteiger partial charge in [-0.3, -0.25) is 4.21 Å². The first-order valence-corrected chi connectivity index (χ1v) is 3.45. The first-order valence-electron chi connectivity index (χ1n) is 1.48. The van der Waals surface area contributed by atoms with Crippen LogP contribution in [-0.4, -0.2) is 16.7 Å². The third-order valence-electron chi connectivity index (χ3n) is 0. The molecule has 0 fully saturated rings. The van der Waals surface area contributed by atoms with E-state index in [1.54, 1.807) is 12.5 Å². The van der Waals surface area contributed by atoms with Crippen LogP contribution in [0.2, 0.25) is 0 Å². The summed E-state index contributed by atoms with van der Waals surface area (Å²) in [4.78, 5) is 0.